The summed E-state index contributed by atoms with van der Waals surface area (Å²) in [5, 5.41) is 10.1. The monoisotopic (exact) mass is 170 g/mol. The van der Waals surface area contributed by atoms with E-state index in [-0.39, 0.29) is 0 Å². The number of halogens is 1. The van der Waals surface area contributed by atoms with Crippen molar-refractivity contribution in [3.8, 4) is 0 Å². The molecule has 3 heteroatoms. The minimum atomic E-state index is 0.780. The molecule has 2 rings (SSSR count). The van der Waals surface area contributed by atoms with Gasteiger partial charge in [-0.05, 0) is 12.8 Å². The maximum absolute atomic E-state index is 9.31. The molecule has 2 nitrogen and oxygen atoms in total. The predicted molar refractivity (Wildman–Crippen MR) is 40.9 cm³/mol. The molecule has 58 valence electrons. The lowest BCUT2D eigenvalue weighted by Gasteiger charge is -1.95. The summed E-state index contributed by atoms with van der Waals surface area (Å²) in [5.74, 6) is 0. The van der Waals surface area contributed by atoms with Gasteiger partial charge >= 0.3 is 0 Å². The molecule has 0 saturated heterocycles. The summed E-state index contributed by atoms with van der Waals surface area (Å²) in [6.45, 7) is 0. The fourth-order valence-corrected chi connectivity index (χ4v) is 1.82. The molecule has 0 aliphatic heterocycles. The van der Waals surface area contributed by atoms with Crippen LogP contribution >= 0.6 is 11.6 Å². The van der Waals surface area contributed by atoms with Gasteiger partial charge in [-0.3, -0.25) is 5.21 Å². The van der Waals surface area contributed by atoms with Crippen LogP contribution in [0.25, 0.3) is 0 Å². The molecule has 1 aromatic heterocycles. The van der Waals surface area contributed by atoms with Gasteiger partial charge in [0, 0.05) is 22.8 Å². The normalized spacial score (nSPS) is 15.0. The Kier molecular flexibility index (Phi) is 1.50. The van der Waals surface area contributed by atoms with Crippen molar-refractivity contribution in [1.29, 1.82) is 0 Å². The molecule has 0 bridgehead atoms. The van der Waals surface area contributed by atoms with Crippen molar-refractivity contribution in [2.24, 2.45) is 0 Å². The highest BCUT2D eigenvalue weighted by atomic mass is 35.5. The van der Waals surface area contributed by atoms with Crippen LogP contribution in [0.2, 0.25) is 5.02 Å². The zero-order valence-electron chi connectivity index (χ0n) is 6.05. The maximum Gasteiger partial charge on any atom is 0.238 e. The first-order valence-corrected chi connectivity index (χ1v) is 4.08. The van der Waals surface area contributed by atoms with E-state index in [2.05, 4.69) is 0 Å². The van der Waals surface area contributed by atoms with Gasteiger partial charge in [0.15, 0.2) is 0 Å². The van der Waals surface area contributed by atoms with Crippen molar-refractivity contribution in [2.45, 2.75) is 19.3 Å². The average Bonchev–Trinajstić information content (AvgIpc) is 2.45. The Morgan fingerprint density at radius 1 is 1.45 bits per heavy atom. The first kappa shape index (κ1) is 6.92. The van der Waals surface area contributed by atoms with E-state index in [0.29, 0.717) is 0 Å². The average molecular weight is 171 g/mol. The second-order valence-corrected chi connectivity index (χ2v) is 3.19. The predicted octanol–water partition coefficient (Wildman–Crippen LogP) is 1.35. The fraction of sp³-hybridized carbons (Fsp3) is 0.375. The quantitative estimate of drug-likeness (QED) is 0.461. The summed E-state index contributed by atoms with van der Waals surface area (Å²) in [4.78, 5) is 0. The van der Waals surface area contributed by atoms with Gasteiger partial charge in [-0.2, -0.15) is 0 Å². The van der Waals surface area contributed by atoms with Crippen LogP contribution in [0.5, 0.6) is 0 Å². The van der Waals surface area contributed by atoms with Gasteiger partial charge in [0.05, 0.1) is 5.02 Å². The minimum absolute atomic E-state index is 0.780. The molecule has 0 saturated carbocycles. The smallest absolute Gasteiger partial charge is 0.238 e. The van der Waals surface area contributed by atoms with E-state index in [9.17, 15) is 5.21 Å². The Morgan fingerprint density at radius 3 is 3.00 bits per heavy atom. The molecule has 0 fully saturated rings. The largest absolute Gasteiger partial charge is 0.285 e. The summed E-state index contributed by atoms with van der Waals surface area (Å²) < 4.78 is 1.17. The van der Waals surface area contributed by atoms with Gasteiger partial charge in [-0.25, -0.2) is 0 Å². The van der Waals surface area contributed by atoms with Gasteiger partial charge in [0.2, 0.25) is 11.9 Å². The van der Waals surface area contributed by atoms with E-state index >= 15 is 0 Å². The molecule has 1 aromatic rings. The highest BCUT2D eigenvalue weighted by Crippen LogP contribution is 2.25. The number of rotatable bonds is 0. The molecular formula is C8H9ClNO+. The molecule has 0 aromatic carbocycles. The second kappa shape index (κ2) is 2.38. The number of hydrogen-bond acceptors (Lipinski definition) is 1. The summed E-state index contributed by atoms with van der Waals surface area (Å²) >= 11 is 5.92. The van der Waals surface area contributed by atoms with Crippen molar-refractivity contribution in [2.75, 3.05) is 0 Å². The molecule has 1 N–H and O–H groups in total. The highest BCUT2D eigenvalue weighted by molar-refractivity contribution is 6.31. The van der Waals surface area contributed by atoms with E-state index < -0.39 is 0 Å². The van der Waals surface area contributed by atoms with Gasteiger partial charge in [0.25, 0.3) is 0 Å². The van der Waals surface area contributed by atoms with E-state index in [0.717, 1.165) is 35.5 Å². The van der Waals surface area contributed by atoms with Crippen LogP contribution in [0.1, 0.15) is 17.7 Å². The third kappa shape index (κ3) is 0.979. The molecule has 0 atom stereocenters. The first-order valence-electron chi connectivity index (χ1n) is 3.70. The molecule has 0 amide bonds. The fourth-order valence-electron chi connectivity index (χ4n) is 1.56. The molecular weight excluding hydrogens is 162 g/mol. The number of pyridine rings is 1. The zero-order chi connectivity index (χ0) is 7.84. The number of hydrogen-bond donors (Lipinski definition) is 1. The van der Waals surface area contributed by atoms with Crippen molar-refractivity contribution in [3.05, 3.63) is 28.5 Å². The van der Waals surface area contributed by atoms with E-state index in [1.807, 2.05) is 0 Å². The summed E-state index contributed by atoms with van der Waals surface area (Å²) in [6.07, 6.45) is 4.62. The topological polar surface area (TPSA) is 24.1 Å². The Balaban J connectivity index is 2.64. The Labute approximate surface area is 70.0 Å². The van der Waals surface area contributed by atoms with Crippen LogP contribution in [-0.2, 0) is 12.8 Å². The van der Waals surface area contributed by atoms with Gasteiger partial charge in [-0.15, -0.1) is 0 Å². The molecule has 1 aliphatic carbocycles. The van der Waals surface area contributed by atoms with Crippen molar-refractivity contribution in [1.82, 2.24) is 0 Å². The van der Waals surface area contributed by atoms with Gasteiger partial charge < -0.3 is 0 Å². The first-order chi connectivity index (χ1) is 5.29. The lowest BCUT2D eigenvalue weighted by atomic mass is 10.2. The third-order valence-electron chi connectivity index (χ3n) is 2.12. The summed E-state index contributed by atoms with van der Waals surface area (Å²) in [6, 6.07) is 1.73. The van der Waals surface area contributed by atoms with Crippen LogP contribution in [-0.4, -0.2) is 5.21 Å². The van der Waals surface area contributed by atoms with Gasteiger partial charge in [-0.1, -0.05) is 11.6 Å². The van der Waals surface area contributed by atoms with Crippen LogP contribution in [0.3, 0.4) is 0 Å². The Hall–Kier alpha value is -0.760. The van der Waals surface area contributed by atoms with Crippen molar-refractivity contribution >= 4 is 11.6 Å². The molecule has 1 heterocycles. The third-order valence-corrected chi connectivity index (χ3v) is 2.47. The van der Waals surface area contributed by atoms with Crippen LogP contribution in [0.4, 0.5) is 0 Å². The number of nitrogens with zero attached hydrogens (tertiary/aromatic N) is 1. The molecule has 0 spiro atoms. The van der Waals surface area contributed by atoms with E-state index in [4.69, 9.17) is 11.6 Å². The number of aromatic nitrogens is 1. The molecule has 0 unspecified atom stereocenters. The SMILES string of the molecule is O[n+]1ccc(Cl)c2c1CCC2. The lowest BCUT2D eigenvalue weighted by molar-refractivity contribution is -0.909. The van der Waals surface area contributed by atoms with Crippen molar-refractivity contribution < 1.29 is 9.94 Å². The van der Waals surface area contributed by atoms with Crippen LogP contribution in [0, 0.1) is 0 Å². The van der Waals surface area contributed by atoms with E-state index in [1.54, 1.807) is 12.3 Å². The zero-order valence-corrected chi connectivity index (χ0v) is 6.80. The lowest BCUT2D eigenvalue weighted by Crippen LogP contribution is -2.34. The van der Waals surface area contributed by atoms with Gasteiger partial charge in [0.1, 0.15) is 0 Å². The standard InChI is InChI=1S/C8H9ClNO/c9-7-4-5-10(11)8-3-1-2-6(7)8/h4-5,11H,1-3H2/q+1. The molecule has 11 heavy (non-hydrogen) atoms. The van der Waals surface area contributed by atoms with Crippen LogP contribution < -0.4 is 4.73 Å². The second-order valence-electron chi connectivity index (χ2n) is 2.79. The maximum atomic E-state index is 9.31. The number of fused-ring (bicyclic) bond motifs is 1. The Bertz CT molecular complexity index is 269. The molecule has 0 radical (unpaired) electrons. The summed E-state index contributed by atoms with van der Waals surface area (Å²) in [5.41, 5.74) is 2.08. The Morgan fingerprint density at radius 2 is 2.27 bits per heavy atom. The molecule has 1 aliphatic rings. The summed E-state index contributed by atoms with van der Waals surface area (Å²) in [7, 11) is 0. The van der Waals surface area contributed by atoms with E-state index in [1.165, 1.54) is 4.73 Å². The van der Waals surface area contributed by atoms with Crippen molar-refractivity contribution in [3.63, 3.8) is 0 Å². The van der Waals surface area contributed by atoms with Crippen LogP contribution in [0.15, 0.2) is 12.3 Å². The minimum Gasteiger partial charge on any atom is -0.285 e. The highest BCUT2D eigenvalue weighted by Gasteiger charge is 2.24.